The van der Waals surface area contributed by atoms with E-state index in [1.807, 2.05) is 0 Å². The van der Waals surface area contributed by atoms with Crippen molar-refractivity contribution in [2.24, 2.45) is 0 Å². The molecule has 4 heteroatoms. The Hall–Kier alpha value is -1.06. The SMILES string of the molecule is CC(C(=O)O)N1CCCCCC1=O. The molecule has 1 aliphatic rings. The smallest absolute Gasteiger partial charge is 0.326 e. The van der Waals surface area contributed by atoms with Gasteiger partial charge >= 0.3 is 5.97 Å². The van der Waals surface area contributed by atoms with Crippen LogP contribution in [-0.4, -0.2) is 34.5 Å². The number of carbonyl (C=O) groups is 2. The normalized spacial score (nSPS) is 21.0. The first-order valence-corrected chi connectivity index (χ1v) is 4.65. The van der Waals surface area contributed by atoms with E-state index in [4.69, 9.17) is 5.11 Å². The molecule has 1 unspecified atom stereocenters. The van der Waals surface area contributed by atoms with Crippen LogP contribution in [0, 0.1) is 0 Å². The lowest BCUT2D eigenvalue weighted by Gasteiger charge is -2.24. The zero-order valence-electron chi connectivity index (χ0n) is 7.82. The predicted octanol–water partition coefficient (Wildman–Crippen LogP) is 0.862. The average molecular weight is 185 g/mol. The summed E-state index contributed by atoms with van der Waals surface area (Å²) >= 11 is 0. The lowest BCUT2D eigenvalue weighted by atomic mass is 10.2. The molecule has 1 amide bonds. The van der Waals surface area contributed by atoms with Crippen LogP contribution in [0.25, 0.3) is 0 Å². The summed E-state index contributed by atoms with van der Waals surface area (Å²) < 4.78 is 0. The largest absolute Gasteiger partial charge is 0.480 e. The Balaban J connectivity index is 2.64. The summed E-state index contributed by atoms with van der Waals surface area (Å²) in [7, 11) is 0. The standard InChI is InChI=1S/C9H15NO3/c1-7(9(12)13)10-6-4-2-3-5-8(10)11/h7H,2-6H2,1H3,(H,12,13). The minimum Gasteiger partial charge on any atom is -0.480 e. The summed E-state index contributed by atoms with van der Waals surface area (Å²) in [5, 5.41) is 8.75. The number of aliphatic carboxylic acids is 1. The summed E-state index contributed by atoms with van der Waals surface area (Å²) in [6.07, 6.45) is 3.33. The molecule has 0 aromatic rings. The Kier molecular flexibility index (Phi) is 3.28. The molecule has 13 heavy (non-hydrogen) atoms. The Bertz CT molecular complexity index is 215. The highest BCUT2D eigenvalue weighted by Crippen LogP contribution is 2.13. The van der Waals surface area contributed by atoms with Crippen molar-refractivity contribution in [2.45, 2.75) is 38.6 Å². The maximum atomic E-state index is 11.4. The van der Waals surface area contributed by atoms with E-state index in [1.54, 1.807) is 6.92 Å². The van der Waals surface area contributed by atoms with Gasteiger partial charge in [-0.1, -0.05) is 6.42 Å². The van der Waals surface area contributed by atoms with Gasteiger partial charge in [0.2, 0.25) is 5.91 Å². The predicted molar refractivity (Wildman–Crippen MR) is 47.3 cm³/mol. The Morgan fingerprint density at radius 2 is 2.15 bits per heavy atom. The maximum absolute atomic E-state index is 11.4. The summed E-state index contributed by atoms with van der Waals surface area (Å²) in [4.78, 5) is 23.6. The fraction of sp³-hybridized carbons (Fsp3) is 0.778. The van der Waals surface area contributed by atoms with Crippen LogP contribution < -0.4 is 0 Å². The summed E-state index contributed by atoms with van der Waals surface area (Å²) in [5.74, 6) is -0.942. The molecule has 1 fully saturated rings. The highest BCUT2D eigenvalue weighted by molar-refractivity contribution is 5.83. The van der Waals surface area contributed by atoms with Gasteiger partial charge in [-0.25, -0.2) is 4.79 Å². The average Bonchev–Trinajstić information content (AvgIpc) is 2.28. The van der Waals surface area contributed by atoms with Crippen LogP contribution in [0.2, 0.25) is 0 Å². The fourth-order valence-corrected chi connectivity index (χ4v) is 1.55. The third-order valence-corrected chi connectivity index (χ3v) is 2.43. The van der Waals surface area contributed by atoms with E-state index >= 15 is 0 Å². The number of carbonyl (C=O) groups excluding carboxylic acids is 1. The lowest BCUT2D eigenvalue weighted by molar-refractivity contribution is -0.149. The van der Waals surface area contributed by atoms with Gasteiger partial charge in [0.15, 0.2) is 0 Å². The lowest BCUT2D eigenvalue weighted by Crippen LogP contribution is -2.42. The Morgan fingerprint density at radius 3 is 2.77 bits per heavy atom. The molecule has 1 heterocycles. The first-order chi connectivity index (χ1) is 6.13. The van der Waals surface area contributed by atoms with Crippen LogP contribution in [-0.2, 0) is 9.59 Å². The van der Waals surface area contributed by atoms with Gasteiger partial charge in [-0.2, -0.15) is 0 Å². The van der Waals surface area contributed by atoms with E-state index < -0.39 is 12.0 Å². The van der Waals surface area contributed by atoms with Gasteiger partial charge in [-0.05, 0) is 19.8 Å². The summed E-state index contributed by atoms with van der Waals surface area (Å²) in [6.45, 7) is 2.15. The van der Waals surface area contributed by atoms with E-state index in [2.05, 4.69) is 0 Å². The first kappa shape index (κ1) is 10.0. The van der Waals surface area contributed by atoms with E-state index in [0.717, 1.165) is 19.3 Å². The number of rotatable bonds is 2. The molecule has 1 aliphatic heterocycles. The van der Waals surface area contributed by atoms with Crippen LogP contribution >= 0.6 is 0 Å². The monoisotopic (exact) mass is 185 g/mol. The first-order valence-electron chi connectivity index (χ1n) is 4.65. The van der Waals surface area contributed by atoms with E-state index in [1.165, 1.54) is 4.90 Å². The minimum atomic E-state index is -0.921. The van der Waals surface area contributed by atoms with Gasteiger partial charge in [0.1, 0.15) is 6.04 Å². The second-order valence-corrected chi connectivity index (χ2v) is 3.41. The summed E-state index contributed by atoms with van der Waals surface area (Å²) in [6, 6.07) is -0.675. The Morgan fingerprint density at radius 1 is 1.46 bits per heavy atom. The Labute approximate surface area is 77.5 Å². The van der Waals surface area contributed by atoms with Gasteiger partial charge < -0.3 is 10.0 Å². The zero-order valence-corrected chi connectivity index (χ0v) is 7.82. The molecule has 1 N–H and O–H groups in total. The second kappa shape index (κ2) is 4.25. The third kappa shape index (κ3) is 2.44. The van der Waals surface area contributed by atoms with Crippen LogP contribution in [0.1, 0.15) is 32.6 Å². The molecule has 0 bridgehead atoms. The van der Waals surface area contributed by atoms with Crippen LogP contribution in [0.3, 0.4) is 0 Å². The molecule has 4 nitrogen and oxygen atoms in total. The number of carboxylic acid groups (broad SMARTS) is 1. The number of hydrogen-bond donors (Lipinski definition) is 1. The molecule has 74 valence electrons. The molecule has 0 radical (unpaired) electrons. The molecule has 0 aliphatic carbocycles. The van der Waals surface area contributed by atoms with Gasteiger partial charge in [0.25, 0.3) is 0 Å². The van der Waals surface area contributed by atoms with Gasteiger partial charge in [0, 0.05) is 13.0 Å². The minimum absolute atomic E-state index is 0.0209. The van der Waals surface area contributed by atoms with Crippen molar-refractivity contribution in [1.29, 1.82) is 0 Å². The highest BCUT2D eigenvalue weighted by Gasteiger charge is 2.25. The number of likely N-dealkylation sites (tertiary alicyclic amines) is 1. The zero-order chi connectivity index (χ0) is 9.84. The number of hydrogen-bond acceptors (Lipinski definition) is 2. The van der Waals surface area contributed by atoms with Gasteiger partial charge in [-0.15, -0.1) is 0 Å². The van der Waals surface area contributed by atoms with E-state index in [9.17, 15) is 9.59 Å². The summed E-state index contributed by atoms with van der Waals surface area (Å²) in [5.41, 5.74) is 0. The number of carboxylic acids is 1. The van der Waals surface area contributed by atoms with Crippen molar-refractivity contribution >= 4 is 11.9 Å². The second-order valence-electron chi connectivity index (χ2n) is 3.41. The quantitative estimate of drug-likeness (QED) is 0.694. The van der Waals surface area contributed by atoms with Crippen LogP contribution in [0.5, 0.6) is 0 Å². The topological polar surface area (TPSA) is 57.6 Å². The molecule has 0 aromatic heterocycles. The van der Waals surface area contributed by atoms with Crippen molar-refractivity contribution < 1.29 is 14.7 Å². The fourth-order valence-electron chi connectivity index (χ4n) is 1.55. The third-order valence-electron chi connectivity index (χ3n) is 2.43. The van der Waals surface area contributed by atoms with Crippen molar-refractivity contribution in [1.82, 2.24) is 4.90 Å². The molecule has 0 aromatic carbocycles. The van der Waals surface area contributed by atoms with E-state index in [0.29, 0.717) is 13.0 Å². The molecule has 0 saturated carbocycles. The van der Waals surface area contributed by atoms with Crippen molar-refractivity contribution in [2.75, 3.05) is 6.54 Å². The van der Waals surface area contributed by atoms with Crippen molar-refractivity contribution in [3.05, 3.63) is 0 Å². The molecule has 0 spiro atoms. The molecule has 1 rings (SSSR count). The van der Waals surface area contributed by atoms with Gasteiger partial charge in [-0.3, -0.25) is 4.79 Å². The van der Waals surface area contributed by atoms with Crippen molar-refractivity contribution in [3.63, 3.8) is 0 Å². The maximum Gasteiger partial charge on any atom is 0.326 e. The number of nitrogens with zero attached hydrogens (tertiary/aromatic N) is 1. The molecule has 1 atom stereocenters. The van der Waals surface area contributed by atoms with Crippen LogP contribution in [0.15, 0.2) is 0 Å². The van der Waals surface area contributed by atoms with Crippen molar-refractivity contribution in [3.8, 4) is 0 Å². The van der Waals surface area contributed by atoms with Crippen LogP contribution in [0.4, 0.5) is 0 Å². The number of amides is 1. The molecular weight excluding hydrogens is 170 g/mol. The highest BCUT2D eigenvalue weighted by atomic mass is 16.4. The molecular formula is C9H15NO3. The molecule has 1 saturated heterocycles. The van der Waals surface area contributed by atoms with Gasteiger partial charge in [0.05, 0.1) is 0 Å². The van der Waals surface area contributed by atoms with E-state index in [-0.39, 0.29) is 5.91 Å².